The molecule has 2 aromatic carbocycles. The fraction of sp³-hybridized carbons (Fsp3) is 0.423. The summed E-state index contributed by atoms with van der Waals surface area (Å²) in [4.78, 5) is 29.6. The lowest BCUT2D eigenvalue weighted by atomic mass is 9.75. The SMILES string of the molecule is NCC(Cc1ccc(C(F)(F)F)cc1)(Cc1ccc(C(F)(F)F)cc1)C(=O)N[C@@H](CCCCN=C(N)N)C(N)=O. The average molecular weight is 575 g/mol. The van der Waals surface area contributed by atoms with E-state index in [0.29, 0.717) is 24.0 Å². The molecule has 14 heteroatoms. The molecular weight excluding hydrogens is 542 g/mol. The van der Waals surface area contributed by atoms with Crippen molar-refractivity contribution in [2.24, 2.45) is 33.3 Å². The van der Waals surface area contributed by atoms with Crippen LogP contribution in [-0.2, 0) is 34.8 Å². The lowest BCUT2D eigenvalue weighted by Gasteiger charge is -2.33. The summed E-state index contributed by atoms with van der Waals surface area (Å²) in [5, 5.41) is 2.58. The number of alkyl halides is 6. The van der Waals surface area contributed by atoms with Crippen LogP contribution in [0.4, 0.5) is 26.3 Å². The summed E-state index contributed by atoms with van der Waals surface area (Å²) >= 11 is 0. The topological polar surface area (TPSA) is 163 Å². The molecule has 0 saturated carbocycles. The first-order chi connectivity index (χ1) is 18.6. The van der Waals surface area contributed by atoms with Crippen molar-refractivity contribution in [3.8, 4) is 0 Å². The minimum Gasteiger partial charge on any atom is -0.370 e. The number of guanidine groups is 1. The molecule has 0 aliphatic heterocycles. The van der Waals surface area contributed by atoms with E-state index in [9.17, 15) is 35.9 Å². The van der Waals surface area contributed by atoms with Gasteiger partial charge in [0.1, 0.15) is 6.04 Å². The van der Waals surface area contributed by atoms with Crippen LogP contribution in [0, 0.1) is 5.41 Å². The molecule has 0 heterocycles. The van der Waals surface area contributed by atoms with Crippen LogP contribution in [0.5, 0.6) is 0 Å². The van der Waals surface area contributed by atoms with Crippen LogP contribution in [0.1, 0.15) is 41.5 Å². The maximum atomic E-state index is 13.6. The lowest BCUT2D eigenvalue weighted by molar-refractivity contribution is -0.138. The Balaban J connectivity index is 2.36. The fourth-order valence-corrected chi connectivity index (χ4v) is 4.13. The van der Waals surface area contributed by atoms with Crippen molar-refractivity contribution in [3.05, 3.63) is 70.8 Å². The predicted octanol–water partition coefficient (Wildman–Crippen LogP) is 2.87. The van der Waals surface area contributed by atoms with Gasteiger partial charge in [-0.05, 0) is 67.5 Å². The monoisotopic (exact) mass is 574 g/mol. The molecule has 0 aliphatic carbocycles. The van der Waals surface area contributed by atoms with Crippen LogP contribution in [0.3, 0.4) is 0 Å². The highest BCUT2D eigenvalue weighted by Gasteiger charge is 2.40. The van der Waals surface area contributed by atoms with E-state index in [1.54, 1.807) is 0 Å². The second kappa shape index (κ2) is 13.5. The molecule has 2 aromatic rings. The average Bonchev–Trinajstić information content (AvgIpc) is 2.86. The van der Waals surface area contributed by atoms with Gasteiger partial charge in [-0.2, -0.15) is 26.3 Å². The number of carbonyl (C=O) groups excluding carboxylic acids is 2. The Morgan fingerprint density at radius 2 is 1.23 bits per heavy atom. The van der Waals surface area contributed by atoms with E-state index in [1.165, 1.54) is 24.3 Å². The molecule has 0 fully saturated rings. The number of benzene rings is 2. The summed E-state index contributed by atoms with van der Waals surface area (Å²) in [5.41, 5.74) is 19.4. The number of primary amides is 1. The van der Waals surface area contributed by atoms with E-state index in [-0.39, 0.29) is 38.3 Å². The Morgan fingerprint density at radius 3 is 1.57 bits per heavy atom. The van der Waals surface area contributed by atoms with Gasteiger partial charge in [-0.25, -0.2) is 0 Å². The van der Waals surface area contributed by atoms with Gasteiger partial charge in [-0.3, -0.25) is 14.6 Å². The minimum absolute atomic E-state index is 0.0981. The Labute approximate surface area is 227 Å². The highest BCUT2D eigenvalue weighted by Crippen LogP contribution is 2.34. The highest BCUT2D eigenvalue weighted by atomic mass is 19.4. The highest BCUT2D eigenvalue weighted by molar-refractivity contribution is 5.90. The van der Waals surface area contributed by atoms with Crippen LogP contribution in [0.15, 0.2) is 53.5 Å². The number of hydrogen-bond donors (Lipinski definition) is 5. The first kappa shape index (κ1) is 32.4. The molecule has 1 atom stereocenters. The summed E-state index contributed by atoms with van der Waals surface area (Å²) in [6.45, 7) is -0.0484. The van der Waals surface area contributed by atoms with Crippen molar-refractivity contribution >= 4 is 17.8 Å². The first-order valence-electron chi connectivity index (χ1n) is 12.3. The quantitative estimate of drug-likeness (QED) is 0.107. The van der Waals surface area contributed by atoms with Gasteiger partial charge >= 0.3 is 12.4 Å². The number of halogens is 6. The molecule has 0 aromatic heterocycles. The summed E-state index contributed by atoms with van der Waals surface area (Å²) in [6.07, 6.45) is -8.43. The molecule has 0 bridgehead atoms. The molecule has 0 spiro atoms. The van der Waals surface area contributed by atoms with Gasteiger partial charge in [0.2, 0.25) is 11.8 Å². The molecule has 40 heavy (non-hydrogen) atoms. The van der Waals surface area contributed by atoms with Crippen LogP contribution < -0.4 is 28.3 Å². The Morgan fingerprint density at radius 1 is 0.775 bits per heavy atom. The molecule has 9 N–H and O–H groups in total. The van der Waals surface area contributed by atoms with Crippen molar-refractivity contribution < 1.29 is 35.9 Å². The van der Waals surface area contributed by atoms with Gasteiger partial charge in [0.25, 0.3) is 0 Å². The van der Waals surface area contributed by atoms with E-state index < -0.39 is 46.8 Å². The van der Waals surface area contributed by atoms with Gasteiger partial charge in [-0.15, -0.1) is 0 Å². The van der Waals surface area contributed by atoms with Crippen LogP contribution in [-0.4, -0.2) is 36.9 Å². The predicted molar refractivity (Wildman–Crippen MR) is 137 cm³/mol. The molecule has 0 saturated heterocycles. The van der Waals surface area contributed by atoms with Gasteiger partial charge in [-0.1, -0.05) is 24.3 Å². The van der Waals surface area contributed by atoms with Crippen molar-refractivity contribution in [1.82, 2.24) is 5.32 Å². The summed E-state index contributed by atoms with van der Waals surface area (Å²) in [7, 11) is 0. The van der Waals surface area contributed by atoms with Crippen molar-refractivity contribution in [2.45, 2.75) is 50.5 Å². The Bertz CT molecular complexity index is 1100. The zero-order chi connectivity index (χ0) is 30.1. The molecule has 2 amide bonds. The van der Waals surface area contributed by atoms with Gasteiger partial charge in [0.15, 0.2) is 5.96 Å². The number of nitrogens with one attached hydrogen (secondary N) is 1. The number of unbranched alkanes of at least 4 members (excludes halogenated alkanes) is 1. The van der Waals surface area contributed by atoms with E-state index in [0.717, 1.165) is 24.3 Å². The van der Waals surface area contributed by atoms with E-state index >= 15 is 0 Å². The van der Waals surface area contributed by atoms with E-state index in [2.05, 4.69) is 10.3 Å². The zero-order valence-corrected chi connectivity index (χ0v) is 21.5. The smallest absolute Gasteiger partial charge is 0.370 e. The first-order valence-corrected chi connectivity index (χ1v) is 12.3. The second-order valence-electron chi connectivity index (χ2n) is 9.46. The summed E-state index contributed by atoms with van der Waals surface area (Å²) < 4.78 is 78.2. The van der Waals surface area contributed by atoms with E-state index in [1.807, 2.05) is 0 Å². The lowest BCUT2D eigenvalue weighted by Crippen LogP contribution is -2.54. The number of rotatable bonds is 13. The summed E-state index contributed by atoms with van der Waals surface area (Å²) in [6, 6.07) is 7.10. The van der Waals surface area contributed by atoms with Gasteiger partial charge < -0.3 is 28.3 Å². The second-order valence-corrected chi connectivity index (χ2v) is 9.46. The zero-order valence-electron chi connectivity index (χ0n) is 21.5. The third kappa shape index (κ3) is 9.43. The van der Waals surface area contributed by atoms with Crippen molar-refractivity contribution in [2.75, 3.05) is 13.1 Å². The molecule has 0 radical (unpaired) electrons. The maximum absolute atomic E-state index is 13.6. The Kier molecular flexibility index (Phi) is 10.9. The van der Waals surface area contributed by atoms with Crippen LogP contribution >= 0.6 is 0 Å². The van der Waals surface area contributed by atoms with Gasteiger partial charge in [0.05, 0.1) is 16.5 Å². The van der Waals surface area contributed by atoms with Crippen LogP contribution in [0.2, 0.25) is 0 Å². The molecule has 0 unspecified atom stereocenters. The van der Waals surface area contributed by atoms with E-state index in [4.69, 9.17) is 22.9 Å². The third-order valence-corrected chi connectivity index (χ3v) is 6.36. The maximum Gasteiger partial charge on any atom is 0.416 e. The molecule has 0 aliphatic rings. The third-order valence-electron chi connectivity index (χ3n) is 6.36. The Hall–Kier alpha value is -3.81. The minimum atomic E-state index is -4.57. The summed E-state index contributed by atoms with van der Waals surface area (Å²) in [5.74, 6) is -1.65. The molecular formula is C26H32F6N6O2. The van der Waals surface area contributed by atoms with Gasteiger partial charge in [0, 0.05) is 13.1 Å². The standard InChI is InChI=1S/C26H32F6N6O2/c27-25(28,29)18-8-4-16(5-9-18)13-24(15-33,14-17-6-10-19(11-7-17)26(30,31)32)22(40)38-20(21(34)39)3-1-2-12-37-23(35)36/h4-11,20H,1-3,12-15,33H2,(H2,34,39)(H,38,40)(H4,35,36,37)/t20-/m0/s1. The largest absolute Gasteiger partial charge is 0.416 e. The molecule has 220 valence electrons. The number of hydrogen-bond acceptors (Lipinski definition) is 4. The number of nitrogens with two attached hydrogens (primary N) is 4. The number of carbonyl (C=O) groups is 2. The van der Waals surface area contributed by atoms with Crippen molar-refractivity contribution in [3.63, 3.8) is 0 Å². The normalized spacial score (nSPS) is 13.0. The molecule has 2 rings (SSSR count). The molecule has 8 nitrogen and oxygen atoms in total. The number of nitrogens with zero attached hydrogens (tertiary/aromatic N) is 1. The number of aliphatic imine (C=N–C) groups is 1. The number of amides is 2. The fourth-order valence-electron chi connectivity index (χ4n) is 4.13. The van der Waals surface area contributed by atoms with Crippen molar-refractivity contribution in [1.29, 1.82) is 0 Å². The van der Waals surface area contributed by atoms with Crippen LogP contribution in [0.25, 0.3) is 0 Å².